The van der Waals surface area contributed by atoms with E-state index in [0.29, 0.717) is 0 Å². The molecule has 0 spiro atoms. The summed E-state index contributed by atoms with van der Waals surface area (Å²) in [5.74, 6) is -9.52. The van der Waals surface area contributed by atoms with E-state index in [0.717, 1.165) is 0 Å². The van der Waals surface area contributed by atoms with Gasteiger partial charge in [0.25, 0.3) is 0 Å². The molecule has 1 rings (SSSR count). The van der Waals surface area contributed by atoms with E-state index in [4.69, 9.17) is 46.0 Å². The van der Waals surface area contributed by atoms with E-state index in [1.807, 2.05) is 0 Å². The predicted molar refractivity (Wildman–Crippen MR) is 64.5 cm³/mol. The number of aromatic nitrogens is 3. The summed E-state index contributed by atoms with van der Waals surface area (Å²) >= 11 is 0. The summed E-state index contributed by atoms with van der Waals surface area (Å²) in [6.45, 7) is -4.02. The topological polar surface area (TPSA) is 248 Å². The van der Waals surface area contributed by atoms with Crippen LogP contribution in [0.1, 0.15) is 0 Å². The number of hydrogen-bond donors (Lipinski definition) is 9. The molecule has 0 saturated carbocycles. The normalized spacial score (nSPS) is 12.9. The van der Waals surface area contributed by atoms with E-state index < -0.39 is 55.8 Å². The van der Waals surface area contributed by atoms with Crippen molar-refractivity contribution in [2.45, 2.75) is 17.9 Å². The summed E-state index contributed by atoms with van der Waals surface area (Å²) < 4.78 is 12.9. The second kappa shape index (κ2) is 7.30. The van der Waals surface area contributed by atoms with Gasteiger partial charge in [-0.15, -0.1) is 15.0 Å². The standard InChI is InChI=1S/C9H15N3O12/c13-1-7(16,17)22-4-10-5(23-8(18,19)2-14)12-6(11-4)24-9(20,21)3-15/h13-21H,1-3H2. The highest BCUT2D eigenvalue weighted by atomic mass is 16.8. The molecule has 9 N–H and O–H groups in total. The van der Waals surface area contributed by atoms with Crippen molar-refractivity contribution >= 4 is 0 Å². The summed E-state index contributed by atoms with van der Waals surface area (Å²) in [6, 6.07) is -3.13. The molecule has 0 fully saturated rings. The number of ether oxygens (including phenoxy) is 3. The average molecular weight is 357 g/mol. The highest BCUT2D eigenvalue weighted by molar-refractivity contribution is 5.10. The summed E-state index contributed by atoms with van der Waals surface area (Å²) in [7, 11) is 0. The highest BCUT2D eigenvalue weighted by Gasteiger charge is 2.32. The van der Waals surface area contributed by atoms with Gasteiger partial charge in [-0.2, -0.15) is 0 Å². The Morgan fingerprint density at radius 2 is 0.750 bits per heavy atom. The molecule has 24 heavy (non-hydrogen) atoms. The first-order valence-electron chi connectivity index (χ1n) is 5.92. The molecule has 0 aliphatic carbocycles. The molecule has 0 unspecified atom stereocenters. The number of nitrogens with zero attached hydrogens (tertiary/aromatic N) is 3. The van der Waals surface area contributed by atoms with Crippen molar-refractivity contribution in [3.63, 3.8) is 0 Å². The zero-order valence-corrected chi connectivity index (χ0v) is 11.7. The lowest BCUT2D eigenvalue weighted by atomic mass is 10.6. The van der Waals surface area contributed by atoms with E-state index >= 15 is 0 Å². The van der Waals surface area contributed by atoms with Crippen molar-refractivity contribution < 1.29 is 60.2 Å². The Kier molecular flexibility index (Phi) is 6.11. The van der Waals surface area contributed by atoms with Crippen molar-refractivity contribution in [2.75, 3.05) is 19.8 Å². The quantitative estimate of drug-likeness (QED) is 0.186. The van der Waals surface area contributed by atoms with Gasteiger partial charge in [-0.25, -0.2) is 0 Å². The number of hydrogen-bond acceptors (Lipinski definition) is 15. The fraction of sp³-hybridized carbons (Fsp3) is 0.667. The second-order valence-electron chi connectivity index (χ2n) is 4.19. The van der Waals surface area contributed by atoms with Gasteiger partial charge >= 0.3 is 36.0 Å². The largest absolute Gasteiger partial charge is 0.404 e. The van der Waals surface area contributed by atoms with E-state index in [2.05, 4.69) is 29.2 Å². The molecule has 1 aromatic heterocycles. The molecule has 0 atom stereocenters. The summed E-state index contributed by atoms with van der Waals surface area (Å²) in [5, 5.41) is 80.8. The van der Waals surface area contributed by atoms with Gasteiger partial charge in [-0.3, -0.25) is 0 Å². The van der Waals surface area contributed by atoms with Crippen molar-refractivity contribution in [2.24, 2.45) is 0 Å². The lowest BCUT2D eigenvalue weighted by Gasteiger charge is -2.22. The molecule has 0 saturated heterocycles. The minimum Gasteiger partial charge on any atom is -0.404 e. The molecule has 1 aromatic rings. The molecular formula is C9H15N3O12. The van der Waals surface area contributed by atoms with Crippen LogP contribution in [0.4, 0.5) is 0 Å². The minimum atomic E-state index is -3.17. The zero-order chi connectivity index (χ0) is 18.6. The van der Waals surface area contributed by atoms with Crippen LogP contribution in [0.2, 0.25) is 0 Å². The number of aliphatic hydroxyl groups excluding tert-OH is 3. The third-order valence-corrected chi connectivity index (χ3v) is 1.96. The number of rotatable bonds is 9. The van der Waals surface area contributed by atoms with Crippen molar-refractivity contribution in [3.05, 3.63) is 0 Å². The molecule has 0 radical (unpaired) electrons. The second-order valence-corrected chi connectivity index (χ2v) is 4.19. The highest BCUT2D eigenvalue weighted by Crippen LogP contribution is 2.21. The summed E-state index contributed by atoms with van der Waals surface area (Å²) in [6.07, 6.45) is 0. The van der Waals surface area contributed by atoms with Gasteiger partial charge in [0.05, 0.1) is 0 Å². The molecular weight excluding hydrogens is 342 g/mol. The predicted octanol–water partition coefficient (Wildman–Crippen LogP) is -6.10. The van der Waals surface area contributed by atoms with Crippen LogP contribution >= 0.6 is 0 Å². The Labute approximate surface area is 132 Å². The third-order valence-electron chi connectivity index (χ3n) is 1.96. The maximum absolute atomic E-state index is 9.14. The smallest absolute Gasteiger partial charge is 0.348 e. The molecule has 15 heteroatoms. The van der Waals surface area contributed by atoms with Gasteiger partial charge in [0, 0.05) is 0 Å². The molecule has 0 bridgehead atoms. The molecule has 0 aliphatic rings. The Balaban J connectivity index is 3.18. The van der Waals surface area contributed by atoms with Gasteiger partial charge in [0.1, 0.15) is 19.8 Å². The Morgan fingerprint density at radius 1 is 0.542 bits per heavy atom. The average Bonchev–Trinajstić information content (AvgIpc) is 2.45. The van der Waals surface area contributed by atoms with Gasteiger partial charge in [-0.05, 0) is 0 Å². The van der Waals surface area contributed by atoms with E-state index in [1.54, 1.807) is 0 Å². The van der Waals surface area contributed by atoms with Crippen LogP contribution < -0.4 is 14.2 Å². The van der Waals surface area contributed by atoms with Gasteiger partial charge in [0.2, 0.25) is 0 Å². The first-order valence-corrected chi connectivity index (χ1v) is 5.92. The molecule has 138 valence electrons. The van der Waals surface area contributed by atoms with Gasteiger partial charge in [0.15, 0.2) is 0 Å². The lowest BCUT2D eigenvalue weighted by molar-refractivity contribution is -0.317. The van der Waals surface area contributed by atoms with Crippen LogP contribution in [-0.2, 0) is 0 Å². The number of aliphatic hydroxyl groups is 9. The van der Waals surface area contributed by atoms with Crippen molar-refractivity contribution in [3.8, 4) is 18.0 Å². The summed E-state index contributed by atoms with van der Waals surface area (Å²) in [4.78, 5) is 9.66. The van der Waals surface area contributed by atoms with Gasteiger partial charge < -0.3 is 60.2 Å². The van der Waals surface area contributed by atoms with Crippen LogP contribution in [0.25, 0.3) is 0 Å². The fourth-order valence-electron chi connectivity index (χ4n) is 0.993. The molecule has 1 heterocycles. The van der Waals surface area contributed by atoms with E-state index in [-0.39, 0.29) is 0 Å². The van der Waals surface area contributed by atoms with Crippen LogP contribution in [-0.4, -0.2) is 98.7 Å². The molecule has 0 aliphatic heterocycles. The minimum absolute atomic E-state index is 1.04. The lowest BCUT2D eigenvalue weighted by Crippen LogP contribution is -2.42. The van der Waals surface area contributed by atoms with E-state index in [9.17, 15) is 0 Å². The summed E-state index contributed by atoms with van der Waals surface area (Å²) in [5.41, 5.74) is 0. The van der Waals surface area contributed by atoms with Crippen LogP contribution in [0.15, 0.2) is 0 Å². The van der Waals surface area contributed by atoms with Crippen LogP contribution in [0, 0.1) is 0 Å². The third kappa shape index (κ3) is 6.28. The Bertz CT molecular complexity index is 462. The zero-order valence-electron chi connectivity index (χ0n) is 11.7. The SMILES string of the molecule is OCC(O)(O)Oc1nc(OC(O)(O)CO)nc(OC(O)(O)CO)n1. The van der Waals surface area contributed by atoms with Crippen molar-refractivity contribution in [1.82, 2.24) is 15.0 Å². The molecule has 0 amide bonds. The van der Waals surface area contributed by atoms with E-state index in [1.165, 1.54) is 0 Å². The van der Waals surface area contributed by atoms with Crippen LogP contribution in [0.3, 0.4) is 0 Å². The van der Waals surface area contributed by atoms with Crippen LogP contribution in [0.5, 0.6) is 18.0 Å². The monoisotopic (exact) mass is 357 g/mol. The fourth-order valence-corrected chi connectivity index (χ4v) is 0.993. The Hall–Kier alpha value is -1.95. The first kappa shape index (κ1) is 20.1. The molecule has 15 nitrogen and oxygen atoms in total. The van der Waals surface area contributed by atoms with Gasteiger partial charge in [-0.1, -0.05) is 0 Å². The first-order chi connectivity index (χ1) is 10.9. The van der Waals surface area contributed by atoms with Crippen molar-refractivity contribution in [1.29, 1.82) is 0 Å². The maximum atomic E-state index is 9.14. The Morgan fingerprint density at radius 3 is 0.917 bits per heavy atom. The maximum Gasteiger partial charge on any atom is 0.348 e. The molecule has 0 aromatic carbocycles.